The molecule has 0 amide bonds. The maximum absolute atomic E-state index is 14.0. The van der Waals surface area contributed by atoms with Gasteiger partial charge in [0.25, 0.3) is 0 Å². The monoisotopic (exact) mass is 477 g/mol. The Morgan fingerprint density at radius 1 is 1.06 bits per heavy atom. The predicted molar refractivity (Wildman–Crippen MR) is 129 cm³/mol. The SMILES string of the molecule is C[C@H]1CNCC[C@H]1Nc1nc(-c2ccnc3[nH]c4ccccc4c23)nc2cncc(C(F)(F)F)c12. The van der Waals surface area contributed by atoms with Crippen molar-refractivity contribution in [2.45, 2.75) is 25.6 Å². The van der Waals surface area contributed by atoms with Gasteiger partial charge in [-0.2, -0.15) is 13.2 Å². The second-order valence-corrected chi connectivity index (χ2v) is 8.95. The highest BCUT2D eigenvalue weighted by Gasteiger charge is 2.35. The average molecular weight is 477 g/mol. The lowest BCUT2D eigenvalue weighted by atomic mass is 9.95. The highest BCUT2D eigenvalue weighted by atomic mass is 19.4. The predicted octanol–water partition coefficient (Wildman–Crippen LogP) is 5.15. The van der Waals surface area contributed by atoms with Gasteiger partial charge in [0, 0.05) is 40.3 Å². The Kier molecular flexibility index (Phi) is 5.06. The van der Waals surface area contributed by atoms with Crippen LogP contribution in [0.15, 0.2) is 48.9 Å². The third-order valence-corrected chi connectivity index (χ3v) is 6.66. The van der Waals surface area contributed by atoms with E-state index in [1.165, 1.54) is 6.20 Å². The van der Waals surface area contributed by atoms with Crippen molar-refractivity contribution in [3.63, 3.8) is 0 Å². The summed E-state index contributed by atoms with van der Waals surface area (Å²) in [6.07, 6.45) is 0.0325. The highest BCUT2D eigenvalue weighted by Crippen LogP contribution is 2.39. The van der Waals surface area contributed by atoms with Crippen LogP contribution in [0.2, 0.25) is 0 Å². The quantitative estimate of drug-likeness (QED) is 0.333. The van der Waals surface area contributed by atoms with Crippen LogP contribution in [-0.4, -0.2) is 44.1 Å². The topological polar surface area (TPSA) is 91.4 Å². The number of rotatable bonds is 3. The summed E-state index contributed by atoms with van der Waals surface area (Å²) in [5.41, 5.74) is 1.55. The van der Waals surface area contributed by atoms with Crippen LogP contribution in [0.3, 0.4) is 0 Å². The highest BCUT2D eigenvalue weighted by molar-refractivity contribution is 6.12. The van der Waals surface area contributed by atoms with E-state index >= 15 is 0 Å². The number of nitrogens with zero attached hydrogens (tertiary/aromatic N) is 4. The Labute approximate surface area is 198 Å². The zero-order valence-corrected chi connectivity index (χ0v) is 18.8. The van der Waals surface area contributed by atoms with Crippen LogP contribution in [0.5, 0.6) is 0 Å². The number of nitrogens with one attached hydrogen (secondary N) is 3. The van der Waals surface area contributed by atoms with Crippen LogP contribution in [0.25, 0.3) is 44.2 Å². The van der Waals surface area contributed by atoms with E-state index in [1.54, 1.807) is 12.3 Å². The number of para-hydroxylation sites is 1. The molecule has 7 nitrogen and oxygen atoms in total. The summed E-state index contributed by atoms with van der Waals surface area (Å²) in [6, 6.07) is 9.55. The van der Waals surface area contributed by atoms with Gasteiger partial charge >= 0.3 is 6.18 Å². The molecule has 1 aliphatic rings. The van der Waals surface area contributed by atoms with Crippen LogP contribution >= 0.6 is 0 Å². The first kappa shape index (κ1) is 21.7. The van der Waals surface area contributed by atoms with Gasteiger partial charge in [0.1, 0.15) is 11.5 Å². The molecule has 178 valence electrons. The standard InChI is InChI=1S/C25H22F3N7/c1-13-10-29-8-7-17(13)32-24-21-16(25(26,27)28)11-30-12-19(21)34-22(35-24)15-6-9-31-23-20(15)14-4-2-3-5-18(14)33-23/h2-6,9,11-13,17,29H,7-8,10H2,1H3,(H,31,33)(H,32,34,35)/t13-,17+/m0/s1. The summed E-state index contributed by atoms with van der Waals surface area (Å²) in [4.78, 5) is 20.8. The third kappa shape index (κ3) is 3.74. The molecule has 1 aliphatic heterocycles. The number of halogens is 3. The number of H-pyrrole nitrogens is 1. The van der Waals surface area contributed by atoms with Gasteiger partial charge in [-0.05, 0) is 37.6 Å². The van der Waals surface area contributed by atoms with Gasteiger partial charge in [-0.15, -0.1) is 0 Å². The van der Waals surface area contributed by atoms with Crippen LogP contribution in [-0.2, 0) is 6.18 Å². The van der Waals surface area contributed by atoms with Crippen LogP contribution < -0.4 is 10.6 Å². The van der Waals surface area contributed by atoms with Crippen molar-refractivity contribution in [1.29, 1.82) is 0 Å². The number of aromatic nitrogens is 5. The number of fused-ring (bicyclic) bond motifs is 4. The fraction of sp³-hybridized carbons (Fsp3) is 0.280. The number of hydrogen-bond acceptors (Lipinski definition) is 6. The van der Waals surface area contributed by atoms with Crippen molar-refractivity contribution in [2.24, 2.45) is 5.92 Å². The minimum Gasteiger partial charge on any atom is -0.366 e. The average Bonchev–Trinajstić information content (AvgIpc) is 3.23. The first-order valence-corrected chi connectivity index (χ1v) is 11.5. The fourth-order valence-electron chi connectivity index (χ4n) is 4.88. The molecule has 0 saturated carbocycles. The van der Waals surface area contributed by atoms with E-state index in [9.17, 15) is 13.2 Å². The van der Waals surface area contributed by atoms with E-state index in [2.05, 4.69) is 37.5 Å². The van der Waals surface area contributed by atoms with Crippen molar-refractivity contribution < 1.29 is 13.2 Å². The van der Waals surface area contributed by atoms with Crippen LogP contribution in [0.4, 0.5) is 19.0 Å². The molecule has 4 aromatic heterocycles. The smallest absolute Gasteiger partial charge is 0.366 e. The Morgan fingerprint density at radius 3 is 2.74 bits per heavy atom. The Hall–Kier alpha value is -3.79. The molecule has 5 aromatic rings. The number of benzene rings is 1. The molecule has 0 aliphatic carbocycles. The Balaban J connectivity index is 1.61. The largest absolute Gasteiger partial charge is 0.418 e. The van der Waals surface area contributed by atoms with Crippen molar-refractivity contribution in [1.82, 2.24) is 30.2 Å². The summed E-state index contributed by atoms with van der Waals surface area (Å²) < 4.78 is 41.9. The van der Waals surface area contributed by atoms with E-state index < -0.39 is 11.7 Å². The van der Waals surface area contributed by atoms with Crippen LogP contribution in [0, 0.1) is 5.92 Å². The van der Waals surface area contributed by atoms with E-state index in [-0.39, 0.29) is 28.7 Å². The number of piperidine rings is 1. The van der Waals surface area contributed by atoms with Crippen LogP contribution in [0.1, 0.15) is 18.9 Å². The van der Waals surface area contributed by atoms with Gasteiger partial charge in [-0.1, -0.05) is 25.1 Å². The summed E-state index contributed by atoms with van der Waals surface area (Å²) in [5, 5.41) is 8.36. The summed E-state index contributed by atoms with van der Waals surface area (Å²) in [5.74, 6) is 0.706. The van der Waals surface area contributed by atoms with Gasteiger partial charge in [0.2, 0.25) is 0 Å². The molecule has 0 unspecified atom stereocenters. The Morgan fingerprint density at radius 2 is 1.91 bits per heavy atom. The summed E-state index contributed by atoms with van der Waals surface area (Å²) >= 11 is 0. The maximum atomic E-state index is 14.0. The molecular weight excluding hydrogens is 455 g/mol. The number of aromatic amines is 1. The molecule has 1 aromatic carbocycles. The normalized spacial score (nSPS) is 19.0. The lowest BCUT2D eigenvalue weighted by Crippen LogP contribution is -2.42. The van der Waals surface area contributed by atoms with Crippen molar-refractivity contribution in [3.8, 4) is 11.4 Å². The van der Waals surface area contributed by atoms with Crippen molar-refractivity contribution in [3.05, 3.63) is 54.5 Å². The Bertz CT molecular complexity index is 1560. The number of hydrogen-bond donors (Lipinski definition) is 3. The molecule has 2 atom stereocenters. The molecule has 5 heterocycles. The molecule has 35 heavy (non-hydrogen) atoms. The van der Waals surface area contributed by atoms with E-state index in [0.29, 0.717) is 17.0 Å². The van der Waals surface area contributed by atoms with Gasteiger partial charge < -0.3 is 15.6 Å². The molecule has 0 bridgehead atoms. The lowest BCUT2D eigenvalue weighted by Gasteiger charge is -2.31. The third-order valence-electron chi connectivity index (χ3n) is 6.66. The molecule has 0 radical (unpaired) electrons. The van der Waals surface area contributed by atoms with E-state index in [1.807, 2.05) is 24.3 Å². The molecule has 10 heteroatoms. The van der Waals surface area contributed by atoms with E-state index in [4.69, 9.17) is 4.98 Å². The van der Waals surface area contributed by atoms with Crippen molar-refractivity contribution in [2.75, 3.05) is 18.4 Å². The van der Waals surface area contributed by atoms with Gasteiger partial charge in [-0.3, -0.25) is 4.98 Å². The lowest BCUT2D eigenvalue weighted by molar-refractivity contribution is -0.136. The fourth-order valence-corrected chi connectivity index (χ4v) is 4.88. The molecule has 1 saturated heterocycles. The number of anilines is 1. The van der Waals surface area contributed by atoms with Gasteiger partial charge in [0.15, 0.2) is 5.82 Å². The van der Waals surface area contributed by atoms with Gasteiger partial charge in [0.05, 0.1) is 22.7 Å². The number of pyridine rings is 2. The van der Waals surface area contributed by atoms with Crippen molar-refractivity contribution >= 4 is 38.7 Å². The number of alkyl halides is 3. The second kappa shape index (κ2) is 8.16. The maximum Gasteiger partial charge on any atom is 0.418 e. The molecule has 0 spiro atoms. The first-order valence-electron chi connectivity index (χ1n) is 11.5. The molecular formula is C25H22F3N7. The molecule has 3 N–H and O–H groups in total. The molecule has 6 rings (SSSR count). The van der Waals surface area contributed by atoms with Gasteiger partial charge in [-0.25, -0.2) is 15.0 Å². The van der Waals surface area contributed by atoms with E-state index in [0.717, 1.165) is 42.0 Å². The summed E-state index contributed by atoms with van der Waals surface area (Å²) in [7, 11) is 0. The minimum atomic E-state index is -4.59. The second-order valence-electron chi connectivity index (χ2n) is 8.95. The summed E-state index contributed by atoms with van der Waals surface area (Å²) in [6.45, 7) is 3.63. The molecule has 1 fully saturated rings. The zero-order chi connectivity index (χ0) is 24.2. The zero-order valence-electron chi connectivity index (χ0n) is 18.8. The minimum absolute atomic E-state index is 0.0259. The first-order chi connectivity index (χ1) is 16.9.